The minimum Gasteiger partial charge on any atom is -0.726 e. The van der Waals surface area contributed by atoms with E-state index in [1.165, 1.54) is 360 Å². The van der Waals surface area contributed by atoms with Gasteiger partial charge in [-0.25, -0.2) is 16.8 Å². The van der Waals surface area contributed by atoms with Gasteiger partial charge < -0.3 is 9.11 Å². The molecule has 0 bridgehead atoms. The molecule has 0 heterocycles. The fourth-order valence-electron chi connectivity index (χ4n) is 11.9. The van der Waals surface area contributed by atoms with E-state index in [0.717, 1.165) is 38.5 Å². The second kappa shape index (κ2) is 75.2. The maximum atomic E-state index is 11.0. The Morgan fingerprint density at radius 1 is 0.259 bits per heavy atom. The van der Waals surface area contributed by atoms with Gasteiger partial charge >= 0.3 is 37.7 Å². The molecule has 0 N–H and O–H groups in total. The third kappa shape index (κ3) is 84.5. The first-order valence-corrected chi connectivity index (χ1v) is 40.2. The van der Waals surface area contributed by atoms with Crippen molar-refractivity contribution in [2.75, 3.05) is 13.2 Å². The van der Waals surface area contributed by atoms with Crippen LogP contribution in [0.4, 0.5) is 0 Å². The molecular formula is C74H146CaO8S2. The van der Waals surface area contributed by atoms with Crippen LogP contribution in [0.2, 0.25) is 0 Å². The van der Waals surface area contributed by atoms with Crippen LogP contribution >= 0.6 is 0 Å². The number of hydrogen-bond acceptors (Lipinski definition) is 8. The molecule has 0 aromatic rings. The molecule has 0 saturated heterocycles. The van der Waals surface area contributed by atoms with E-state index in [2.05, 4.69) is 60.4 Å². The fourth-order valence-corrected chi connectivity index (χ4v) is 12.5. The van der Waals surface area contributed by atoms with E-state index < -0.39 is 20.8 Å². The normalized spacial score (nSPS) is 12.8. The first-order chi connectivity index (χ1) is 41.0. The number of allylic oxidation sites excluding steroid dienone is 2. The van der Waals surface area contributed by atoms with Crippen molar-refractivity contribution >= 4 is 58.5 Å². The molecule has 2 atom stereocenters. The van der Waals surface area contributed by atoms with E-state index in [1.54, 1.807) is 0 Å². The quantitative estimate of drug-likeness (QED) is 0.0193. The molecule has 0 spiro atoms. The van der Waals surface area contributed by atoms with Gasteiger partial charge in [0.25, 0.3) is 0 Å². The molecule has 8 nitrogen and oxygen atoms in total. The second-order valence-electron chi connectivity index (χ2n) is 26.0. The van der Waals surface area contributed by atoms with Crippen molar-refractivity contribution in [3.05, 3.63) is 24.3 Å². The van der Waals surface area contributed by atoms with Crippen molar-refractivity contribution in [1.82, 2.24) is 0 Å². The summed E-state index contributed by atoms with van der Waals surface area (Å²) in [5, 5.41) is 0. The molecule has 504 valence electrons. The summed E-state index contributed by atoms with van der Waals surface area (Å²) < 4.78 is 75.0. The summed E-state index contributed by atoms with van der Waals surface area (Å²) >= 11 is 0. The Morgan fingerprint density at radius 3 is 0.576 bits per heavy atom. The Kier molecular flexibility index (Phi) is 79.3. The maximum Gasteiger partial charge on any atom is 2.00 e. The zero-order valence-corrected chi connectivity index (χ0v) is 61.3. The molecule has 2 unspecified atom stereocenters. The standard InChI is InChI=1S/2C37H74O4S.Ca/c2*1-3-5-7-9-11-13-15-17-18-19-20-21-23-25-27-29-31-33-35-37(36-41-42(38,39)40)34-32-30-28-26-24-22-16-14-12-10-8-6-4-2;/h2*32,34,37H,3-31,33,35-36H2,1-2H3,(H,38,39,40);/q;;+2/p-2/b2*34-32+;. The first-order valence-electron chi connectivity index (χ1n) is 37.5. The predicted molar refractivity (Wildman–Crippen MR) is 371 cm³/mol. The van der Waals surface area contributed by atoms with Crippen LogP contribution in [0, 0.1) is 11.8 Å². The van der Waals surface area contributed by atoms with Crippen LogP contribution in [0.1, 0.15) is 426 Å². The van der Waals surface area contributed by atoms with Gasteiger partial charge in [0.2, 0.25) is 20.8 Å². The summed E-state index contributed by atoms with van der Waals surface area (Å²) in [6.45, 7) is 9.07. The third-order valence-electron chi connectivity index (χ3n) is 17.5. The Labute approximate surface area is 563 Å². The van der Waals surface area contributed by atoms with Gasteiger partial charge in [-0.3, -0.25) is 8.37 Å². The van der Waals surface area contributed by atoms with Crippen molar-refractivity contribution in [3.63, 3.8) is 0 Å². The van der Waals surface area contributed by atoms with Gasteiger partial charge in [-0.1, -0.05) is 412 Å². The van der Waals surface area contributed by atoms with Crippen LogP contribution in [-0.2, 0) is 29.2 Å². The van der Waals surface area contributed by atoms with Crippen LogP contribution in [0.25, 0.3) is 0 Å². The Balaban J connectivity index is -0.00000156. The molecule has 0 rings (SSSR count). The van der Waals surface area contributed by atoms with Gasteiger partial charge in [-0.05, 0) is 38.5 Å². The minimum atomic E-state index is -4.62. The molecule has 0 aromatic carbocycles. The zero-order chi connectivity index (χ0) is 61.7. The van der Waals surface area contributed by atoms with E-state index in [0.29, 0.717) is 0 Å². The smallest absolute Gasteiger partial charge is 0.726 e. The average Bonchev–Trinajstić information content (AvgIpc) is 3.46. The maximum absolute atomic E-state index is 11.0. The topological polar surface area (TPSA) is 133 Å². The minimum absolute atomic E-state index is 0. The van der Waals surface area contributed by atoms with Crippen molar-refractivity contribution in [2.45, 2.75) is 426 Å². The fraction of sp³-hybridized carbons (Fsp3) is 0.946. The largest absolute Gasteiger partial charge is 2.00 e. The van der Waals surface area contributed by atoms with Crippen LogP contribution < -0.4 is 0 Å². The van der Waals surface area contributed by atoms with Crippen molar-refractivity contribution in [2.24, 2.45) is 11.8 Å². The molecule has 0 aromatic heterocycles. The molecule has 0 saturated carbocycles. The van der Waals surface area contributed by atoms with E-state index in [4.69, 9.17) is 0 Å². The summed E-state index contributed by atoms with van der Waals surface area (Å²) in [6, 6.07) is 0. The molecule has 0 amide bonds. The summed E-state index contributed by atoms with van der Waals surface area (Å²) in [5.41, 5.74) is 0. The van der Waals surface area contributed by atoms with Gasteiger partial charge in [0, 0.05) is 11.8 Å². The molecule has 0 aliphatic heterocycles. The summed E-state index contributed by atoms with van der Waals surface area (Å²) in [6.07, 6.45) is 90.6. The van der Waals surface area contributed by atoms with Crippen LogP contribution in [0.15, 0.2) is 24.3 Å². The van der Waals surface area contributed by atoms with Crippen LogP contribution in [0.3, 0.4) is 0 Å². The zero-order valence-electron chi connectivity index (χ0n) is 57.5. The number of rotatable bonds is 70. The van der Waals surface area contributed by atoms with E-state index in [9.17, 15) is 25.9 Å². The molecule has 0 aliphatic rings. The Hall–Kier alpha value is 0.480. The summed E-state index contributed by atoms with van der Waals surface area (Å²) in [4.78, 5) is 0. The SMILES string of the molecule is CCCCCCCCCCCCC/C=C/C(CCCCCCCCCCCCCCCCCCCC)COS(=O)(=O)[O-].CCCCCCCCCCCCC/C=C/C(CCCCCCCCCCCCCCCCCCCC)COS(=O)(=O)[O-].[Ca+2]. The Morgan fingerprint density at radius 2 is 0.412 bits per heavy atom. The summed E-state index contributed by atoms with van der Waals surface area (Å²) in [7, 11) is -9.25. The third-order valence-corrected chi connectivity index (χ3v) is 18.3. The average molecular weight is 1270 g/mol. The van der Waals surface area contributed by atoms with Gasteiger partial charge in [0.15, 0.2) is 0 Å². The van der Waals surface area contributed by atoms with E-state index in [-0.39, 0.29) is 62.8 Å². The van der Waals surface area contributed by atoms with Gasteiger partial charge in [0.05, 0.1) is 13.2 Å². The first kappa shape index (κ1) is 89.7. The molecule has 85 heavy (non-hydrogen) atoms. The van der Waals surface area contributed by atoms with Crippen molar-refractivity contribution in [3.8, 4) is 0 Å². The van der Waals surface area contributed by atoms with E-state index in [1.807, 2.05) is 0 Å². The van der Waals surface area contributed by atoms with Gasteiger partial charge in [-0.2, -0.15) is 0 Å². The number of unbranched alkanes of at least 4 members (excludes halogenated alkanes) is 56. The molecule has 0 fully saturated rings. The van der Waals surface area contributed by atoms with Gasteiger partial charge in [-0.15, -0.1) is 0 Å². The molecule has 0 aliphatic carbocycles. The number of hydrogen-bond donors (Lipinski definition) is 0. The summed E-state index contributed by atoms with van der Waals surface area (Å²) in [5.74, 6) is 0.0324. The van der Waals surface area contributed by atoms with Crippen LogP contribution in [-0.4, -0.2) is 76.9 Å². The predicted octanol–water partition coefficient (Wildman–Crippen LogP) is 25.2. The van der Waals surface area contributed by atoms with Gasteiger partial charge in [0.1, 0.15) is 0 Å². The second-order valence-corrected chi connectivity index (χ2v) is 28.1. The van der Waals surface area contributed by atoms with E-state index >= 15 is 0 Å². The molecule has 0 radical (unpaired) electrons. The van der Waals surface area contributed by atoms with Crippen LogP contribution in [0.5, 0.6) is 0 Å². The molecule has 11 heteroatoms. The van der Waals surface area contributed by atoms with Crippen molar-refractivity contribution in [1.29, 1.82) is 0 Å². The van der Waals surface area contributed by atoms with Crippen molar-refractivity contribution < 1.29 is 34.3 Å². The molecular weight excluding hydrogens is 1120 g/mol. The monoisotopic (exact) mass is 1270 g/mol. The Bertz CT molecular complexity index is 1410.